The Morgan fingerprint density at radius 1 is 1.18 bits per heavy atom. The fourth-order valence-corrected chi connectivity index (χ4v) is 2.36. The van der Waals surface area contributed by atoms with Crippen LogP contribution in [0.2, 0.25) is 0 Å². The number of nitrogens with zero attached hydrogens (tertiary/aromatic N) is 2. The molecule has 0 fully saturated rings. The Bertz CT molecular complexity index is 854. The van der Waals surface area contributed by atoms with Crippen LogP contribution in [0.4, 0.5) is 5.69 Å². The highest BCUT2D eigenvalue weighted by atomic mass is 16.5. The van der Waals surface area contributed by atoms with Crippen molar-refractivity contribution in [3.05, 3.63) is 70.3 Å². The molecule has 5 heteroatoms. The van der Waals surface area contributed by atoms with Gasteiger partial charge in [0.1, 0.15) is 11.4 Å². The maximum atomic E-state index is 12.2. The Morgan fingerprint density at radius 2 is 1.95 bits per heavy atom. The number of hydrogen-bond acceptors (Lipinski definition) is 4. The lowest BCUT2D eigenvalue weighted by Crippen LogP contribution is -2.18. The fourth-order valence-electron chi connectivity index (χ4n) is 2.36. The number of anilines is 1. The molecule has 2 aromatic heterocycles. The Morgan fingerprint density at radius 3 is 2.68 bits per heavy atom. The summed E-state index contributed by atoms with van der Waals surface area (Å²) in [5, 5.41) is 3.25. The first kappa shape index (κ1) is 14.1. The highest BCUT2D eigenvalue weighted by Gasteiger charge is 2.04. The summed E-state index contributed by atoms with van der Waals surface area (Å²) in [6.45, 7) is 2.39. The number of aromatic nitrogens is 2. The van der Waals surface area contributed by atoms with Gasteiger partial charge in [0.05, 0.1) is 19.3 Å². The molecule has 0 aliphatic rings. The molecule has 3 aromatic rings. The van der Waals surface area contributed by atoms with E-state index in [1.807, 2.05) is 49.4 Å². The molecule has 0 aliphatic carbocycles. The van der Waals surface area contributed by atoms with Crippen LogP contribution in [-0.2, 0) is 6.54 Å². The van der Waals surface area contributed by atoms with Crippen LogP contribution >= 0.6 is 0 Å². The van der Waals surface area contributed by atoms with Crippen molar-refractivity contribution < 1.29 is 4.74 Å². The van der Waals surface area contributed by atoms with Crippen LogP contribution in [0.1, 0.15) is 11.4 Å². The summed E-state index contributed by atoms with van der Waals surface area (Å²) in [4.78, 5) is 16.7. The van der Waals surface area contributed by atoms with Crippen LogP contribution in [0.25, 0.3) is 5.65 Å². The van der Waals surface area contributed by atoms with Gasteiger partial charge in [0.25, 0.3) is 5.56 Å². The van der Waals surface area contributed by atoms with Crippen LogP contribution in [0.3, 0.4) is 0 Å². The Balaban J connectivity index is 1.83. The molecule has 5 nitrogen and oxygen atoms in total. The van der Waals surface area contributed by atoms with Gasteiger partial charge in [0, 0.05) is 17.4 Å². The molecule has 0 aliphatic heterocycles. The van der Waals surface area contributed by atoms with Crippen LogP contribution in [0, 0.1) is 6.92 Å². The van der Waals surface area contributed by atoms with Crippen molar-refractivity contribution in [2.45, 2.75) is 13.5 Å². The number of nitrogens with one attached hydrogen (secondary N) is 1. The zero-order chi connectivity index (χ0) is 15.5. The maximum absolute atomic E-state index is 12.2. The molecule has 2 heterocycles. The van der Waals surface area contributed by atoms with Gasteiger partial charge in [-0.2, -0.15) is 0 Å². The van der Waals surface area contributed by atoms with Gasteiger partial charge in [-0.25, -0.2) is 4.98 Å². The van der Waals surface area contributed by atoms with Gasteiger partial charge in [-0.1, -0.05) is 6.07 Å². The molecule has 0 unspecified atom stereocenters. The Hall–Kier alpha value is -2.82. The molecule has 0 saturated carbocycles. The molecule has 3 rings (SSSR count). The monoisotopic (exact) mass is 295 g/mol. The predicted octanol–water partition coefficient (Wildman–Crippen LogP) is 2.62. The van der Waals surface area contributed by atoms with E-state index in [0.717, 1.165) is 17.1 Å². The summed E-state index contributed by atoms with van der Waals surface area (Å²) >= 11 is 0. The van der Waals surface area contributed by atoms with E-state index in [0.29, 0.717) is 17.9 Å². The summed E-state index contributed by atoms with van der Waals surface area (Å²) in [6, 6.07) is 14.8. The lowest BCUT2D eigenvalue weighted by atomic mass is 10.3. The Labute approximate surface area is 128 Å². The second-order valence-electron chi connectivity index (χ2n) is 5.03. The van der Waals surface area contributed by atoms with E-state index in [1.54, 1.807) is 17.6 Å². The van der Waals surface area contributed by atoms with E-state index in [9.17, 15) is 4.79 Å². The molecule has 1 N–H and O–H groups in total. The quantitative estimate of drug-likeness (QED) is 0.804. The maximum Gasteiger partial charge on any atom is 0.258 e. The normalized spacial score (nSPS) is 10.6. The number of ether oxygens (including phenoxy) is 1. The highest BCUT2D eigenvalue weighted by molar-refractivity contribution is 5.47. The van der Waals surface area contributed by atoms with Gasteiger partial charge in [-0.05, 0) is 43.3 Å². The number of benzene rings is 1. The van der Waals surface area contributed by atoms with E-state index in [2.05, 4.69) is 10.3 Å². The van der Waals surface area contributed by atoms with Gasteiger partial charge in [-0.15, -0.1) is 0 Å². The first-order valence-corrected chi connectivity index (χ1v) is 7.03. The van der Waals surface area contributed by atoms with Crippen molar-refractivity contribution in [3.63, 3.8) is 0 Å². The average molecular weight is 295 g/mol. The number of aryl methyl sites for hydroxylation is 1. The molecule has 0 radical (unpaired) electrons. The number of hydrogen-bond donors (Lipinski definition) is 1. The van der Waals surface area contributed by atoms with Crippen molar-refractivity contribution >= 4 is 11.3 Å². The molecule has 0 saturated heterocycles. The van der Waals surface area contributed by atoms with Gasteiger partial charge >= 0.3 is 0 Å². The van der Waals surface area contributed by atoms with Crippen LogP contribution in [0.15, 0.2) is 53.3 Å². The standard InChI is InChI=1S/C17H17N3O2/c1-12-4-3-5-16-19-14(10-17(21)20(12)16)11-18-13-6-8-15(22-2)9-7-13/h3-10,18H,11H2,1-2H3. The minimum atomic E-state index is -0.0605. The van der Waals surface area contributed by atoms with Gasteiger partial charge in [0.2, 0.25) is 0 Å². The number of rotatable bonds is 4. The molecule has 0 bridgehead atoms. The van der Waals surface area contributed by atoms with Gasteiger partial charge in [-0.3, -0.25) is 9.20 Å². The fraction of sp³-hybridized carbons (Fsp3) is 0.176. The summed E-state index contributed by atoms with van der Waals surface area (Å²) in [5.74, 6) is 0.808. The van der Waals surface area contributed by atoms with Crippen LogP contribution in [-0.4, -0.2) is 16.5 Å². The predicted molar refractivity (Wildman–Crippen MR) is 86.5 cm³/mol. The van der Waals surface area contributed by atoms with Crippen molar-refractivity contribution in [1.29, 1.82) is 0 Å². The van der Waals surface area contributed by atoms with E-state index in [1.165, 1.54) is 0 Å². The zero-order valence-electron chi connectivity index (χ0n) is 12.5. The van der Waals surface area contributed by atoms with E-state index in [4.69, 9.17) is 4.74 Å². The molecule has 0 atom stereocenters. The summed E-state index contributed by atoms with van der Waals surface area (Å²) in [5.41, 5.74) is 3.15. The lowest BCUT2D eigenvalue weighted by Gasteiger charge is -2.09. The van der Waals surface area contributed by atoms with E-state index in [-0.39, 0.29) is 5.56 Å². The first-order valence-electron chi connectivity index (χ1n) is 7.03. The molecular formula is C17H17N3O2. The van der Waals surface area contributed by atoms with E-state index < -0.39 is 0 Å². The number of methoxy groups -OCH3 is 1. The SMILES string of the molecule is COc1ccc(NCc2cc(=O)n3c(C)cccc3n2)cc1. The summed E-state index contributed by atoms with van der Waals surface area (Å²) in [6.07, 6.45) is 0. The average Bonchev–Trinajstić information content (AvgIpc) is 2.53. The first-order chi connectivity index (χ1) is 10.7. The van der Waals surface area contributed by atoms with Crippen LogP contribution < -0.4 is 15.6 Å². The highest BCUT2D eigenvalue weighted by Crippen LogP contribution is 2.15. The molecular weight excluding hydrogens is 278 g/mol. The molecule has 1 aromatic carbocycles. The smallest absolute Gasteiger partial charge is 0.258 e. The second-order valence-corrected chi connectivity index (χ2v) is 5.03. The van der Waals surface area contributed by atoms with E-state index >= 15 is 0 Å². The third-order valence-electron chi connectivity index (χ3n) is 3.50. The number of fused-ring (bicyclic) bond motifs is 1. The van der Waals surface area contributed by atoms with Gasteiger partial charge < -0.3 is 10.1 Å². The largest absolute Gasteiger partial charge is 0.497 e. The summed E-state index contributed by atoms with van der Waals surface area (Å²) in [7, 11) is 1.64. The summed E-state index contributed by atoms with van der Waals surface area (Å²) < 4.78 is 6.73. The molecule has 112 valence electrons. The van der Waals surface area contributed by atoms with Crippen molar-refractivity contribution in [2.75, 3.05) is 12.4 Å². The van der Waals surface area contributed by atoms with Gasteiger partial charge in [0.15, 0.2) is 0 Å². The van der Waals surface area contributed by atoms with Crippen molar-refractivity contribution in [2.24, 2.45) is 0 Å². The third-order valence-corrected chi connectivity index (χ3v) is 3.50. The lowest BCUT2D eigenvalue weighted by molar-refractivity contribution is 0.415. The molecule has 0 amide bonds. The topological polar surface area (TPSA) is 55.6 Å². The molecule has 0 spiro atoms. The Kier molecular flexibility index (Phi) is 3.78. The minimum absolute atomic E-state index is 0.0605. The van der Waals surface area contributed by atoms with Crippen LogP contribution in [0.5, 0.6) is 5.75 Å². The minimum Gasteiger partial charge on any atom is -0.497 e. The number of pyridine rings is 1. The van der Waals surface area contributed by atoms with Crippen molar-refractivity contribution in [1.82, 2.24) is 9.38 Å². The third kappa shape index (κ3) is 2.79. The molecule has 22 heavy (non-hydrogen) atoms. The second kappa shape index (κ2) is 5.89. The zero-order valence-corrected chi connectivity index (χ0v) is 12.5. The van der Waals surface area contributed by atoms with Crippen molar-refractivity contribution in [3.8, 4) is 5.75 Å².